The Morgan fingerprint density at radius 1 is 1.30 bits per heavy atom. The normalized spacial score (nSPS) is 17.6. The second kappa shape index (κ2) is 7.05. The van der Waals surface area contributed by atoms with E-state index in [-0.39, 0.29) is 11.9 Å². The van der Waals surface area contributed by atoms with Gasteiger partial charge in [0.2, 0.25) is 5.91 Å². The Balaban J connectivity index is 1.75. The third-order valence-corrected chi connectivity index (χ3v) is 4.09. The first-order chi connectivity index (χ1) is 11.3. The van der Waals surface area contributed by atoms with Crippen molar-refractivity contribution in [1.29, 1.82) is 0 Å². The van der Waals surface area contributed by atoms with Crippen molar-refractivity contribution >= 4 is 17.8 Å². The molecule has 0 saturated carbocycles. The van der Waals surface area contributed by atoms with Gasteiger partial charge in [-0.1, -0.05) is 0 Å². The van der Waals surface area contributed by atoms with Crippen molar-refractivity contribution in [2.45, 2.75) is 18.9 Å². The molecule has 1 fully saturated rings. The van der Waals surface area contributed by atoms with Crippen LogP contribution in [0.5, 0.6) is 0 Å². The van der Waals surface area contributed by atoms with Crippen LogP contribution in [0.15, 0.2) is 48.9 Å². The lowest BCUT2D eigenvalue weighted by Crippen LogP contribution is -2.28. The Morgan fingerprint density at radius 3 is 2.91 bits per heavy atom. The van der Waals surface area contributed by atoms with Gasteiger partial charge in [-0.2, -0.15) is 0 Å². The number of carbonyl (C=O) groups excluding carboxylic acids is 1. The topological polar surface area (TPSA) is 58.1 Å². The number of hydrogen-bond acceptors (Lipinski definition) is 4. The van der Waals surface area contributed by atoms with Crippen LogP contribution in [0.3, 0.4) is 0 Å². The van der Waals surface area contributed by atoms with Crippen molar-refractivity contribution in [2.24, 2.45) is 0 Å². The fourth-order valence-electron chi connectivity index (χ4n) is 2.91. The summed E-state index contributed by atoms with van der Waals surface area (Å²) in [4.78, 5) is 22.7. The molecule has 23 heavy (non-hydrogen) atoms. The van der Waals surface area contributed by atoms with E-state index in [2.05, 4.69) is 15.3 Å². The molecular weight excluding hydrogens is 288 g/mol. The quantitative estimate of drug-likeness (QED) is 0.882. The van der Waals surface area contributed by atoms with Gasteiger partial charge in [-0.05, 0) is 54.3 Å². The molecule has 0 spiro atoms. The van der Waals surface area contributed by atoms with E-state index in [1.165, 1.54) is 0 Å². The molecule has 1 unspecified atom stereocenters. The lowest BCUT2D eigenvalue weighted by atomic mass is 10.1. The standard InChI is InChI=1S/C18H20N4O/c1-19-17-13-15(8-11-21-17)16-3-2-12-22(16)18(23)5-4-14-6-9-20-10-7-14/h4-11,13,16H,2-3,12H2,1H3,(H,19,21)/b5-4+. The van der Waals surface area contributed by atoms with Crippen LogP contribution in [0, 0.1) is 0 Å². The van der Waals surface area contributed by atoms with E-state index in [9.17, 15) is 4.79 Å². The fraction of sp³-hybridized carbons (Fsp3) is 0.278. The zero-order valence-electron chi connectivity index (χ0n) is 13.1. The number of pyridine rings is 2. The molecule has 1 atom stereocenters. The summed E-state index contributed by atoms with van der Waals surface area (Å²) in [5, 5.41) is 3.05. The number of aromatic nitrogens is 2. The van der Waals surface area contributed by atoms with Gasteiger partial charge in [-0.3, -0.25) is 9.78 Å². The SMILES string of the molecule is CNc1cc(C2CCCN2C(=O)/C=C/c2ccncc2)ccn1. The summed E-state index contributed by atoms with van der Waals surface area (Å²) < 4.78 is 0. The van der Waals surface area contributed by atoms with Gasteiger partial charge in [0.15, 0.2) is 0 Å². The zero-order chi connectivity index (χ0) is 16.1. The van der Waals surface area contributed by atoms with E-state index >= 15 is 0 Å². The van der Waals surface area contributed by atoms with Crippen LogP contribution in [0.25, 0.3) is 6.08 Å². The van der Waals surface area contributed by atoms with E-state index < -0.39 is 0 Å². The molecule has 1 aliphatic heterocycles. The van der Waals surface area contributed by atoms with E-state index in [0.717, 1.165) is 36.3 Å². The molecule has 2 aromatic rings. The second-order valence-electron chi connectivity index (χ2n) is 5.53. The Kier molecular flexibility index (Phi) is 4.66. The molecule has 0 aliphatic carbocycles. The molecule has 3 rings (SSSR count). The van der Waals surface area contributed by atoms with Gasteiger partial charge in [-0.25, -0.2) is 4.98 Å². The number of anilines is 1. The summed E-state index contributed by atoms with van der Waals surface area (Å²) >= 11 is 0. The van der Waals surface area contributed by atoms with Crippen LogP contribution in [0.1, 0.15) is 30.0 Å². The average molecular weight is 308 g/mol. The fourth-order valence-corrected chi connectivity index (χ4v) is 2.91. The number of nitrogens with one attached hydrogen (secondary N) is 1. The van der Waals surface area contributed by atoms with E-state index in [1.807, 2.05) is 42.3 Å². The van der Waals surface area contributed by atoms with Crippen LogP contribution in [0.2, 0.25) is 0 Å². The second-order valence-corrected chi connectivity index (χ2v) is 5.53. The molecule has 1 aliphatic rings. The highest BCUT2D eigenvalue weighted by molar-refractivity contribution is 5.92. The predicted molar refractivity (Wildman–Crippen MR) is 90.7 cm³/mol. The number of carbonyl (C=O) groups is 1. The molecule has 2 aromatic heterocycles. The molecule has 0 radical (unpaired) electrons. The van der Waals surface area contributed by atoms with Gasteiger partial charge in [0, 0.05) is 38.3 Å². The smallest absolute Gasteiger partial charge is 0.247 e. The largest absolute Gasteiger partial charge is 0.373 e. The van der Waals surface area contributed by atoms with E-state index in [0.29, 0.717) is 0 Å². The minimum Gasteiger partial charge on any atom is -0.373 e. The summed E-state index contributed by atoms with van der Waals surface area (Å²) in [6.07, 6.45) is 10.7. The van der Waals surface area contributed by atoms with Gasteiger partial charge in [0.05, 0.1) is 6.04 Å². The van der Waals surface area contributed by atoms with Crippen molar-refractivity contribution in [1.82, 2.24) is 14.9 Å². The van der Waals surface area contributed by atoms with Crippen LogP contribution in [0.4, 0.5) is 5.82 Å². The van der Waals surface area contributed by atoms with Gasteiger partial charge in [0.1, 0.15) is 5.82 Å². The minimum atomic E-state index is 0.0483. The lowest BCUT2D eigenvalue weighted by Gasteiger charge is -2.24. The third kappa shape index (κ3) is 3.56. The highest BCUT2D eigenvalue weighted by Gasteiger charge is 2.28. The molecule has 118 valence electrons. The van der Waals surface area contributed by atoms with Crippen molar-refractivity contribution < 1.29 is 4.79 Å². The maximum atomic E-state index is 12.5. The Morgan fingerprint density at radius 2 is 2.13 bits per heavy atom. The highest BCUT2D eigenvalue weighted by atomic mass is 16.2. The van der Waals surface area contributed by atoms with Gasteiger partial charge in [-0.15, -0.1) is 0 Å². The Bertz CT molecular complexity index is 699. The molecule has 5 nitrogen and oxygen atoms in total. The number of rotatable bonds is 4. The molecular formula is C18H20N4O. The molecule has 3 heterocycles. The molecule has 5 heteroatoms. The Labute approximate surface area is 136 Å². The van der Waals surface area contributed by atoms with Crippen LogP contribution < -0.4 is 5.32 Å². The van der Waals surface area contributed by atoms with Crippen molar-refractivity contribution in [3.63, 3.8) is 0 Å². The van der Waals surface area contributed by atoms with Crippen LogP contribution in [-0.4, -0.2) is 34.4 Å². The molecule has 0 aromatic carbocycles. The highest BCUT2D eigenvalue weighted by Crippen LogP contribution is 2.32. The first-order valence-electron chi connectivity index (χ1n) is 7.80. The molecule has 1 amide bonds. The number of amides is 1. The Hall–Kier alpha value is -2.69. The first-order valence-corrected chi connectivity index (χ1v) is 7.80. The first kappa shape index (κ1) is 15.2. The average Bonchev–Trinajstić information content (AvgIpc) is 3.10. The monoisotopic (exact) mass is 308 g/mol. The molecule has 0 bridgehead atoms. The molecule has 1 N–H and O–H groups in total. The van der Waals surface area contributed by atoms with E-state index in [4.69, 9.17) is 0 Å². The van der Waals surface area contributed by atoms with Gasteiger partial charge in [0.25, 0.3) is 0 Å². The van der Waals surface area contributed by atoms with Crippen LogP contribution in [-0.2, 0) is 4.79 Å². The predicted octanol–water partition coefficient (Wildman–Crippen LogP) is 2.90. The number of hydrogen-bond donors (Lipinski definition) is 1. The minimum absolute atomic E-state index is 0.0483. The van der Waals surface area contributed by atoms with Crippen molar-refractivity contribution in [3.05, 3.63) is 60.1 Å². The number of nitrogens with zero attached hydrogens (tertiary/aromatic N) is 3. The summed E-state index contributed by atoms with van der Waals surface area (Å²) in [6, 6.07) is 7.90. The van der Waals surface area contributed by atoms with Crippen molar-refractivity contribution in [3.8, 4) is 0 Å². The third-order valence-electron chi connectivity index (χ3n) is 4.09. The summed E-state index contributed by atoms with van der Waals surface area (Å²) in [7, 11) is 1.85. The summed E-state index contributed by atoms with van der Waals surface area (Å²) in [5.74, 6) is 0.876. The summed E-state index contributed by atoms with van der Waals surface area (Å²) in [6.45, 7) is 0.793. The molecule has 1 saturated heterocycles. The van der Waals surface area contributed by atoms with E-state index in [1.54, 1.807) is 24.7 Å². The maximum Gasteiger partial charge on any atom is 0.247 e. The van der Waals surface area contributed by atoms with Crippen LogP contribution >= 0.6 is 0 Å². The van der Waals surface area contributed by atoms with Crippen molar-refractivity contribution in [2.75, 3.05) is 18.9 Å². The zero-order valence-corrected chi connectivity index (χ0v) is 13.1. The number of likely N-dealkylation sites (tertiary alicyclic amines) is 1. The lowest BCUT2D eigenvalue weighted by molar-refractivity contribution is -0.126. The maximum absolute atomic E-state index is 12.5. The van der Waals surface area contributed by atoms with Gasteiger partial charge < -0.3 is 10.2 Å². The summed E-state index contributed by atoms with van der Waals surface area (Å²) in [5.41, 5.74) is 2.11. The van der Waals surface area contributed by atoms with Gasteiger partial charge >= 0.3 is 0 Å².